The van der Waals surface area contributed by atoms with E-state index in [1.54, 1.807) is 6.07 Å². The molecule has 5 nitrogen and oxygen atoms in total. The Morgan fingerprint density at radius 2 is 1.92 bits per heavy atom. The molecular weight excluding hydrogens is 350 g/mol. The molecule has 132 valence electrons. The number of anilines is 1. The molecule has 0 saturated carbocycles. The average molecular weight is 365 g/mol. The summed E-state index contributed by atoms with van der Waals surface area (Å²) in [6.07, 6.45) is 0.499. The van der Waals surface area contributed by atoms with Crippen molar-refractivity contribution in [3.63, 3.8) is 0 Å². The molecule has 0 unspecified atom stereocenters. The molecule has 1 aliphatic heterocycles. The molecule has 0 aromatic heterocycles. The van der Waals surface area contributed by atoms with E-state index in [1.807, 2.05) is 0 Å². The first kappa shape index (κ1) is 18.5. The van der Waals surface area contributed by atoms with E-state index in [4.69, 9.17) is 5.26 Å². The molecule has 1 aromatic rings. The van der Waals surface area contributed by atoms with E-state index in [2.05, 4.69) is 5.32 Å². The predicted molar refractivity (Wildman–Crippen MR) is 78.9 cm³/mol. The topological polar surface area (TPSA) is 73.2 Å². The second-order valence-corrected chi connectivity index (χ2v) is 7.38. The molecule has 1 aliphatic rings. The highest BCUT2D eigenvalue weighted by Gasteiger charge is 2.50. The Morgan fingerprint density at radius 3 is 2.46 bits per heavy atom. The van der Waals surface area contributed by atoms with Crippen molar-refractivity contribution in [2.75, 3.05) is 25.0 Å². The van der Waals surface area contributed by atoms with E-state index < -0.39 is 21.3 Å². The minimum atomic E-state index is -5.29. The number of benzene rings is 1. The van der Waals surface area contributed by atoms with Crippen LogP contribution in [0.4, 0.5) is 23.2 Å². The van der Waals surface area contributed by atoms with Crippen LogP contribution in [0.5, 0.6) is 0 Å². The predicted octanol–water partition coefficient (Wildman–Crippen LogP) is 2.67. The van der Waals surface area contributed by atoms with E-state index in [0.29, 0.717) is 16.5 Å². The molecule has 0 bridgehead atoms. The van der Waals surface area contributed by atoms with Crippen LogP contribution in [-0.2, 0) is 10.0 Å². The smallest absolute Gasteiger partial charge is 0.384 e. The van der Waals surface area contributed by atoms with Crippen molar-refractivity contribution in [2.24, 2.45) is 5.92 Å². The van der Waals surface area contributed by atoms with E-state index in [1.165, 1.54) is 12.1 Å². The van der Waals surface area contributed by atoms with Crippen LogP contribution >= 0.6 is 0 Å². The van der Waals surface area contributed by atoms with Gasteiger partial charge in [0.15, 0.2) is 0 Å². The summed E-state index contributed by atoms with van der Waals surface area (Å²) in [4.78, 5) is 0. The summed E-state index contributed by atoms with van der Waals surface area (Å²) in [6.45, 7) is -0.122. The molecule has 1 N–H and O–H groups in total. The lowest BCUT2D eigenvalue weighted by molar-refractivity contribution is -0.0496. The van der Waals surface area contributed by atoms with Crippen LogP contribution in [0.1, 0.15) is 18.4 Å². The van der Waals surface area contributed by atoms with E-state index in [9.17, 15) is 26.0 Å². The zero-order chi connectivity index (χ0) is 18.0. The van der Waals surface area contributed by atoms with Crippen molar-refractivity contribution in [3.8, 4) is 6.07 Å². The highest BCUT2D eigenvalue weighted by atomic mass is 32.2. The van der Waals surface area contributed by atoms with Gasteiger partial charge < -0.3 is 5.32 Å². The maximum absolute atomic E-state index is 13.5. The summed E-state index contributed by atoms with van der Waals surface area (Å²) < 4.78 is 74.0. The van der Waals surface area contributed by atoms with Crippen molar-refractivity contribution in [2.45, 2.75) is 18.3 Å². The third kappa shape index (κ3) is 3.79. The van der Waals surface area contributed by atoms with Crippen molar-refractivity contribution in [1.82, 2.24) is 4.31 Å². The van der Waals surface area contributed by atoms with Gasteiger partial charge in [0.25, 0.3) is 0 Å². The zero-order valence-corrected chi connectivity index (χ0v) is 13.3. The van der Waals surface area contributed by atoms with E-state index >= 15 is 0 Å². The molecule has 1 heterocycles. The molecule has 24 heavy (non-hydrogen) atoms. The standard InChI is InChI=1S/C14H15F4N3O2S/c15-12-2-1-3-13(11(12)8-19)20-9-10-4-6-21(7-5-10)24(22,23)14(16,17)18/h1-3,10,20H,4-7,9H2. The van der Waals surface area contributed by atoms with E-state index in [-0.39, 0.29) is 37.4 Å². The first-order valence-corrected chi connectivity index (χ1v) is 8.59. The monoisotopic (exact) mass is 365 g/mol. The van der Waals surface area contributed by atoms with Gasteiger partial charge >= 0.3 is 15.5 Å². The molecule has 1 fully saturated rings. The molecule has 2 rings (SSSR count). The largest absolute Gasteiger partial charge is 0.511 e. The van der Waals surface area contributed by atoms with Crippen molar-refractivity contribution in [1.29, 1.82) is 5.26 Å². The molecule has 0 radical (unpaired) electrons. The lowest BCUT2D eigenvalue weighted by Crippen LogP contribution is -2.45. The highest BCUT2D eigenvalue weighted by molar-refractivity contribution is 7.90. The Morgan fingerprint density at radius 1 is 1.29 bits per heavy atom. The molecule has 0 spiro atoms. The highest BCUT2D eigenvalue weighted by Crippen LogP contribution is 2.30. The summed E-state index contributed by atoms with van der Waals surface area (Å²) in [5.74, 6) is -0.729. The number of nitriles is 1. The normalized spacial score (nSPS) is 17.5. The maximum Gasteiger partial charge on any atom is 0.511 e. The van der Waals surface area contributed by atoms with Crippen LogP contribution in [0.15, 0.2) is 18.2 Å². The van der Waals surface area contributed by atoms with Gasteiger partial charge in [0.05, 0.1) is 5.69 Å². The minimum Gasteiger partial charge on any atom is -0.384 e. The summed E-state index contributed by atoms with van der Waals surface area (Å²) in [5, 5.41) is 11.8. The van der Waals surface area contributed by atoms with Gasteiger partial charge in [-0.1, -0.05) is 6.07 Å². The average Bonchev–Trinajstić information content (AvgIpc) is 2.52. The van der Waals surface area contributed by atoms with Gasteiger partial charge in [0.1, 0.15) is 17.4 Å². The zero-order valence-electron chi connectivity index (χ0n) is 12.5. The Hall–Kier alpha value is -1.86. The fraction of sp³-hybridized carbons (Fsp3) is 0.500. The van der Waals surface area contributed by atoms with Crippen molar-refractivity contribution >= 4 is 15.7 Å². The van der Waals surface area contributed by atoms with Gasteiger partial charge in [0, 0.05) is 19.6 Å². The lowest BCUT2D eigenvalue weighted by atomic mass is 9.98. The number of nitrogens with one attached hydrogen (secondary N) is 1. The van der Waals surface area contributed by atoms with Gasteiger partial charge in [-0.2, -0.15) is 22.7 Å². The number of hydrogen-bond donors (Lipinski definition) is 1. The summed E-state index contributed by atoms with van der Waals surface area (Å²) in [7, 11) is -5.29. The minimum absolute atomic E-state index is 0.0699. The van der Waals surface area contributed by atoms with Gasteiger partial charge in [-0.05, 0) is 30.9 Å². The maximum atomic E-state index is 13.5. The first-order chi connectivity index (χ1) is 11.2. The lowest BCUT2D eigenvalue weighted by Gasteiger charge is -2.31. The van der Waals surface area contributed by atoms with Gasteiger partial charge in [0.2, 0.25) is 0 Å². The van der Waals surface area contributed by atoms with Crippen LogP contribution in [0.3, 0.4) is 0 Å². The summed E-state index contributed by atoms with van der Waals surface area (Å²) in [5.41, 5.74) is -5.11. The Kier molecular flexibility index (Phi) is 5.35. The summed E-state index contributed by atoms with van der Waals surface area (Å²) in [6, 6.07) is 5.88. The number of hydrogen-bond acceptors (Lipinski definition) is 4. The van der Waals surface area contributed by atoms with E-state index in [0.717, 1.165) is 6.07 Å². The Balaban J connectivity index is 1.93. The number of halogens is 4. The number of rotatable bonds is 4. The summed E-state index contributed by atoms with van der Waals surface area (Å²) >= 11 is 0. The number of nitrogens with zero attached hydrogens (tertiary/aromatic N) is 2. The van der Waals surface area contributed by atoms with Crippen LogP contribution in [0.2, 0.25) is 0 Å². The van der Waals surface area contributed by atoms with Crippen LogP contribution in [0.25, 0.3) is 0 Å². The molecule has 1 saturated heterocycles. The second kappa shape index (κ2) is 6.94. The number of alkyl halides is 3. The molecule has 0 atom stereocenters. The Labute approximate surface area is 136 Å². The van der Waals surface area contributed by atoms with Gasteiger partial charge in [-0.25, -0.2) is 12.8 Å². The number of sulfonamides is 1. The van der Waals surface area contributed by atoms with Gasteiger partial charge in [-0.3, -0.25) is 0 Å². The fourth-order valence-corrected chi connectivity index (χ4v) is 3.52. The molecular formula is C14H15F4N3O2S. The van der Waals surface area contributed by atoms with Crippen LogP contribution in [0, 0.1) is 23.1 Å². The van der Waals surface area contributed by atoms with Gasteiger partial charge in [-0.15, -0.1) is 0 Å². The van der Waals surface area contributed by atoms with Crippen molar-refractivity contribution < 1.29 is 26.0 Å². The molecule has 1 aromatic carbocycles. The first-order valence-electron chi connectivity index (χ1n) is 7.15. The Bertz CT molecular complexity index is 735. The number of piperidine rings is 1. The SMILES string of the molecule is N#Cc1c(F)cccc1NCC1CCN(S(=O)(=O)C(F)(F)F)CC1. The molecule has 10 heteroatoms. The quantitative estimate of drug-likeness (QED) is 0.833. The third-order valence-electron chi connectivity index (χ3n) is 3.91. The van der Waals surface area contributed by atoms with Crippen molar-refractivity contribution in [3.05, 3.63) is 29.6 Å². The van der Waals surface area contributed by atoms with Crippen LogP contribution in [-0.4, -0.2) is 37.9 Å². The molecule has 0 aliphatic carbocycles. The second-order valence-electron chi connectivity index (χ2n) is 5.45. The molecule has 0 amide bonds. The third-order valence-corrected chi connectivity index (χ3v) is 5.54. The van der Waals surface area contributed by atoms with Crippen LogP contribution < -0.4 is 5.32 Å². The fourth-order valence-electron chi connectivity index (χ4n) is 2.54.